The minimum absolute atomic E-state index is 0.230. The highest BCUT2D eigenvalue weighted by molar-refractivity contribution is 4.84. The Kier molecular flexibility index (Phi) is 6.03. The zero-order valence-corrected chi connectivity index (χ0v) is 12.8. The molecule has 0 saturated carbocycles. The predicted molar refractivity (Wildman–Crippen MR) is 74.8 cm³/mol. The molecule has 0 aliphatic rings. The quantitative estimate of drug-likeness (QED) is 0.706. The van der Waals surface area contributed by atoms with Gasteiger partial charge in [-0.05, 0) is 44.4 Å². The Labute approximate surface area is 103 Å². The topological polar surface area (TPSA) is 12.0 Å². The third kappa shape index (κ3) is 6.52. The average Bonchev–Trinajstić information content (AvgIpc) is 2.10. The van der Waals surface area contributed by atoms with Crippen LogP contribution in [0.2, 0.25) is 0 Å². The molecule has 1 atom stereocenters. The van der Waals surface area contributed by atoms with Gasteiger partial charge in [-0.1, -0.05) is 41.0 Å². The van der Waals surface area contributed by atoms with E-state index in [-0.39, 0.29) is 5.54 Å². The van der Waals surface area contributed by atoms with Crippen LogP contribution in [0.5, 0.6) is 0 Å². The molecule has 0 spiro atoms. The molecule has 0 aromatic heterocycles. The molecule has 1 N–H and O–H groups in total. The molecule has 0 radical (unpaired) electrons. The van der Waals surface area contributed by atoms with Crippen LogP contribution >= 0.6 is 0 Å². The van der Waals surface area contributed by atoms with E-state index in [0.717, 1.165) is 18.4 Å². The third-order valence-electron chi connectivity index (χ3n) is 3.71. The van der Waals surface area contributed by atoms with Crippen molar-refractivity contribution >= 4 is 0 Å². The lowest BCUT2D eigenvalue weighted by atomic mass is 9.74. The summed E-state index contributed by atoms with van der Waals surface area (Å²) in [5.74, 6) is 1.55. The van der Waals surface area contributed by atoms with Gasteiger partial charge in [0.05, 0.1) is 0 Å². The van der Waals surface area contributed by atoms with Crippen molar-refractivity contribution in [3.8, 4) is 0 Å². The van der Waals surface area contributed by atoms with E-state index < -0.39 is 0 Å². The van der Waals surface area contributed by atoms with E-state index >= 15 is 0 Å². The fourth-order valence-electron chi connectivity index (χ4n) is 1.67. The van der Waals surface area contributed by atoms with E-state index in [1.807, 2.05) is 0 Å². The third-order valence-corrected chi connectivity index (χ3v) is 3.71. The molecule has 1 nitrogen and oxygen atoms in total. The fraction of sp³-hybridized carbons (Fsp3) is 1.00. The summed E-state index contributed by atoms with van der Waals surface area (Å²) in [4.78, 5) is 0. The van der Waals surface area contributed by atoms with Crippen LogP contribution in [0.1, 0.15) is 68.2 Å². The summed E-state index contributed by atoms with van der Waals surface area (Å²) in [6.45, 7) is 19.6. The summed E-state index contributed by atoms with van der Waals surface area (Å²) < 4.78 is 0. The molecular formula is C15H33N. The lowest BCUT2D eigenvalue weighted by molar-refractivity contribution is 0.163. The van der Waals surface area contributed by atoms with Gasteiger partial charge in [-0.25, -0.2) is 0 Å². The number of hydrogen-bond donors (Lipinski definition) is 1. The first-order chi connectivity index (χ1) is 7.07. The van der Waals surface area contributed by atoms with Gasteiger partial charge in [0, 0.05) is 12.1 Å². The Morgan fingerprint density at radius 3 is 1.75 bits per heavy atom. The molecule has 0 saturated heterocycles. The Morgan fingerprint density at radius 1 is 0.938 bits per heavy atom. The van der Waals surface area contributed by atoms with Crippen LogP contribution in [0, 0.1) is 17.3 Å². The molecule has 1 unspecified atom stereocenters. The summed E-state index contributed by atoms with van der Waals surface area (Å²) in [6.07, 6.45) is 2.66. The summed E-state index contributed by atoms with van der Waals surface area (Å²) in [5.41, 5.74) is 0.658. The molecule has 98 valence electrons. The van der Waals surface area contributed by atoms with Gasteiger partial charge in [0.2, 0.25) is 0 Å². The lowest BCUT2D eigenvalue weighted by Gasteiger charge is -2.37. The highest BCUT2D eigenvalue weighted by atomic mass is 15.0. The molecule has 0 heterocycles. The van der Waals surface area contributed by atoms with Crippen LogP contribution in [0.15, 0.2) is 0 Å². The lowest BCUT2D eigenvalue weighted by Crippen LogP contribution is -2.45. The highest BCUT2D eigenvalue weighted by Gasteiger charge is 2.29. The first-order valence-corrected chi connectivity index (χ1v) is 6.82. The van der Waals surface area contributed by atoms with Crippen LogP contribution < -0.4 is 5.32 Å². The minimum atomic E-state index is 0.230. The summed E-state index contributed by atoms with van der Waals surface area (Å²) >= 11 is 0. The molecule has 0 fully saturated rings. The van der Waals surface area contributed by atoms with Gasteiger partial charge in [-0.2, -0.15) is 0 Å². The van der Waals surface area contributed by atoms with Crippen molar-refractivity contribution in [2.24, 2.45) is 17.3 Å². The first-order valence-electron chi connectivity index (χ1n) is 6.82. The van der Waals surface area contributed by atoms with Crippen LogP contribution in [0.25, 0.3) is 0 Å². The van der Waals surface area contributed by atoms with Crippen molar-refractivity contribution < 1.29 is 0 Å². The van der Waals surface area contributed by atoms with E-state index in [0.29, 0.717) is 5.41 Å². The normalized spacial score (nSPS) is 16.9. The second-order valence-electron chi connectivity index (χ2n) is 7.34. The molecule has 0 bridgehead atoms. The zero-order valence-electron chi connectivity index (χ0n) is 12.8. The van der Waals surface area contributed by atoms with E-state index in [1.54, 1.807) is 0 Å². The smallest absolute Gasteiger partial charge is 0.00967 e. The van der Waals surface area contributed by atoms with Gasteiger partial charge in [0.1, 0.15) is 0 Å². The Hall–Kier alpha value is -0.0400. The molecule has 0 aromatic carbocycles. The minimum Gasteiger partial charge on any atom is -0.312 e. The largest absolute Gasteiger partial charge is 0.312 e. The fourth-order valence-corrected chi connectivity index (χ4v) is 1.67. The van der Waals surface area contributed by atoms with Gasteiger partial charge in [-0.15, -0.1) is 0 Å². The van der Waals surface area contributed by atoms with Gasteiger partial charge < -0.3 is 5.32 Å². The van der Waals surface area contributed by atoms with Crippen LogP contribution in [-0.4, -0.2) is 12.1 Å². The molecule has 16 heavy (non-hydrogen) atoms. The van der Waals surface area contributed by atoms with Crippen molar-refractivity contribution in [3.63, 3.8) is 0 Å². The molecule has 0 aliphatic carbocycles. The maximum atomic E-state index is 3.67. The van der Waals surface area contributed by atoms with E-state index in [1.165, 1.54) is 12.8 Å². The van der Waals surface area contributed by atoms with Gasteiger partial charge >= 0.3 is 0 Å². The molecule has 0 aliphatic heterocycles. The maximum Gasteiger partial charge on any atom is 0.00967 e. The number of nitrogens with one attached hydrogen (secondary N) is 1. The zero-order chi connectivity index (χ0) is 13.0. The van der Waals surface area contributed by atoms with Crippen molar-refractivity contribution in [3.05, 3.63) is 0 Å². The van der Waals surface area contributed by atoms with Crippen molar-refractivity contribution in [2.45, 2.75) is 73.8 Å². The maximum absolute atomic E-state index is 3.67. The predicted octanol–water partition coefficient (Wildman–Crippen LogP) is 4.47. The van der Waals surface area contributed by atoms with Crippen LogP contribution in [-0.2, 0) is 0 Å². The molecular weight excluding hydrogens is 194 g/mol. The van der Waals surface area contributed by atoms with E-state index in [4.69, 9.17) is 0 Å². The Balaban J connectivity index is 4.34. The van der Waals surface area contributed by atoms with Gasteiger partial charge in [0.25, 0.3) is 0 Å². The SMILES string of the molecule is CC(C)CCC(C)(CNC(C)(C)C)C(C)C. The second-order valence-corrected chi connectivity index (χ2v) is 7.34. The first kappa shape index (κ1) is 16.0. The van der Waals surface area contributed by atoms with Crippen LogP contribution in [0.3, 0.4) is 0 Å². The van der Waals surface area contributed by atoms with Crippen molar-refractivity contribution in [1.29, 1.82) is 0 Å². The van der Waals surface area contributed by atoms with Crippen LogP contribution in [0.4, 0.5) is 0 Å². The molecule has 0 rings (SSSR count). The number of hydrogen-bond acceptors (Lipinski definition) is 1. The average molecular weight is 227 g/mol. The highest BCUT2D eigenvalue weighted by Crippen LogP contribution is 2.33. The van der Waals surface area contributed by atoms with Gasteiger partial charge in [0.15, 0.2) is 0 Å². The summed E-state index contributed by atoms with van der Waals surface area (Å²) in [7, 11) is 0. The van der Waals surface area contributed by atoms with Gasteiger partial charge in [-0.3, -0.25) is 0 Å². The second kappa shape index (κ2) is 6.05. The number of rotatable bonds is 6. The molecule has 0 amide bonds. The molecule has 0 aromatic rings. The van der Waals surface area contributed by atoms with Crippen molar-refractivity contribution in [1.82, 2.24) is 5.32 Å². The Morgan fingerprint density at radius 2 is 1.44 bits per heavy atom. The van der Waals surface area contributed by atoms with Crippen molar-refractivity contribution in [2.75, 3.05) is 6.54 Å². The molecule has 1 heteroatoms. The monoisotopic (exact) mass is 227 g/mol. The standard InChI is InChI=1S/C15H33N/c1-12(2)9-10-15(8,13(3)4)11-16-14(5,6)7/h12-13,16H,9-11H2,1-8H3. The van der Waals surface area contributed by atoms with E-state index in [9.17, 15) is 0 Å². The summed E-state index contributed by atoms with van der Waals surface area (Å²) in [6, 6.07) is 0. The Bertz CT molecular complexity index is 188. The van der Waals surface area contributed by atoms with E-state index in [2.05, 4.69) is 60.7 Å². The summed E-state index contributed by atoms with van der Waals surface area (Å²) in [5, 5.41) is 3.67.